The van der Waals surface area contributed by atoms with Crippen molar-refractivity contribution < 1.29 is 23.9 Å². The molecule has 8 nitrogen and oxygen atoms in total. The van der Waals surface area contributed by atoms with Crippen molar-refractivity contribution in [2.45, 2.75) is 0 Å². The second-order valence-corrected chi connectivity index (χ2v) is 9.36. The Kier molecular flexibility index (Phi) is 6.92. The highest BCUT2D eigenvalue weighted by Crippen LogP contribution is 2.36. The minimum atomic E-state index is -0.502. The first-order chi connectivity index (χ1) is 17.5. The molecule has 3 amide bonds. The standard InChI is InChI=1S/C27H25N3O5S/c1-34-23-11-6-18-4-2-3-5-21(18)22(23)16-24-26(32)30(27(33)36-24)17-25(31)28-19-7-9-20(10-8-19)29-12-14-35-15-13-29/h2-11,16H,12-15,17H2,1H3,(H,28,31)/b24-16+. The Morgan fingerprint density at radius 1 is 1.06 bits per heavy atom. The van der Waals surface area contributed by atoms with Crippen molar-refractivity contribution in [1.82, 2.24) is 4.90 Å². The summed E-state index contributed by atoms with van der Waals surface area (Å²) in [4.78, 5) is 41.7. The van der Waals surface area contributed by atoms with Gasteiger partial charge in [-0.1, -0.05) is 30.3 Å². The lowest BCUT2D eigenvalue weighted by Crippen LogP contribution is -2.36. The van der Waals surface area contributed by atoms with Gasteiger partial charge >= 0.3 is 0 Å². The van der Waals surface area contributed by atoms with E-state index in [2.05, 4.69) is 10.2 Å². The predicted octanol–water partition coefficient (Wildman–Crippen LogP) is 4.36. The number of ether oxygens (including phenoxy) is 2. The molecule has 0 spiro atoms. The van der Waals surface area contributed by atoms with Gasteiger partial charge in [0.25, 0.3) is 11.1 Å². The largest absolute Gasteiger partial charge is 0.496 e. The maximum Gasteiger partial charge on any atom is 0.294 e. The summed E-state index contributed by atoms with van der Waals surface area (Å²) in [5.74, 6) is -0.350. The molecular weight excluding hydrogens is 478 g/mol. The zero-order valence-electron chi connectivity index (χ0n) is 19.7. The summed E-state index contributed by atoms with van der Waals surface area (Å²) < 4.78 is 10.9. The second kappa shape index (κ2) is 10.4. The van der Waals surface area contributed by atoms with Crippen LogP contribution in [0.3, 0.4) is 0 Å². The normalized spacial score (nSPS) is 17.2. The molecule has 3 aromatic rings. The molecule has 0 radical (unpaired) electrons. The first kappa shape index (κ1) is 23.9. The number of rotatable bonds is 6. The first-order valence-electron chi connectivity index (χ1n) is 11.6. The highest BCUT2D eigenvalue weighted by molar-refractivity contribution is 8.18. The fourth-order valence-corrected chi connectivity index (χ4v) is 5.11. The third kappa shape index (κ3) is 4.93. The predicted molar refractivity (Wildman–Crippen MR) is 141 cm³/mol. The molecule has 2 heterocycles. The number of imide groups is 1. The highest BCUT2D eigenvalue weighted by atomic mass is 32.2. The van der Waals surface area contributed by atoms with Gasteiger partial charge in [0.1, 0.15) is 12.3 Å². The number of nitrogens with one attached hydrogen (secondary N) is 1. The molecule has 0 saturated carbocycles. The number of fused-ring (bicyclic) bond motifs is 1. The van der Waals surface area contributed by atoms with E-state index in [0.29, 0.717) is 30.2 Å². The van der Waals surface area contributed by atoms with Crippen LogP contribution in [-0.4, -0.2) is 61.9 Å². The van der Waals surface area contributed by atoms with E-state index < -0.39 is 17.1 Å². The van der Waals surface area contributed by atoms with Crippen molar-refractivity contribution in [3.8, 4) is 5.75 Å². The molecule has 0 aliphatic carbocycles. The molecule has 2 saturated heterocycles. The number of hydrogen-bond donors (Lipinski definition) is 1. The Hall–Kier alpha value is -3.82. The first-order valence-corrected chi connectivity index (χ1v) is 12.4. The van der Waals surface area contributed by atoms with Crippen LogP contribution >= 0.6 is 11.8 Å². The van der Waals surface area contributed by atoms with Crippen LogP contribution in [0.1, 0.15) is 5.56 Å². The maximum absolute atomic E-state index is 13.0. The van der Waals surface area contributed by atoms with E-state index in [-0.39, 0.29) is 11.4 Å². The Morgan fingerprint density at radius 3 is 2.56 bits per heavy atom. The summed E-state index contributed by atoms with van der Waals surface area (Å²) in [6.45, 7) is 2.67. The van der Waals surface area contributed by atoms with Gasteiger partial charge in [-0.3, -0.25) is 19.3 Å². The average Bonchev–Trinajstić information content (AvgIpc) is 3.17. The summed E-state index contributed by atoms with van der Waals surface area (Å²) in [7, 11) is 1.56. The number of hydrogen-bond acceptors (Lipinski definition) is 7. The van der Waals surface area contributed by atoms with Crippen molar-refractivity contribution in [2.24, 2.45) is 0 Å². The number of thioether (sulfide) groups is 1. The number of morpholine rings is 1. The summed E-state index contributed by atoms with van der Waals surface area (Å²) >= 11 is 0.818. The van der Waals surface area contributed by atoms with Crippen LogP contribution in [0.25, 0.3) is 16.8 Å². The van der Waals surface area contributed by atoms with Gasteiger partial charge in [0, 0.05) is 30.0 Å². The molecular formula is C27H25N3O5S. The summed E-state index contributed by atoms with van der Waals surface area (Å²) in [6.07, 6.45) is 1.66. The van der Waals surface area contributed by atoms with Crippen LogP contribution in [0.5, 0.6) is 5.75 Å². The number of nitrogens with zero attached hydrogens (tertiary/aromatic N) is 2. The Balaban J connectivity index is 1.28. The molecule has 2 fully saturated rings. The topological polar surface area (TPSA) is 88.2 Å². The Bertz CT molecular complexity index is 1350. The monoisotopic (exact) mass is 503 g/mol. The fourth-order valence-electron chi connectivity index (χ4n) is 4.29. The highest BCUT2D eigenvalue weighted by Gasteiger charge is 2.36. The minimum absolute atomic E-state index is 0.248. The quantitative estimate of drug-likeness (QED) is 0.500. The number of anilines is 2. The van der Waals surface area contributed by atoms with Crippen molar-refractivity contribution in [3.05, 3.63) is 71.1 Å². The average molecular weight is 504 g/mol. The van der Waals surface area contributed by atoms with Crippen LogP contribution in [-0.2, 0) is 14.3 Å². The van der Waals surface area contributed by atoms with E-state index in [1.165, 1.54) is 0 Å². The molecule has 36 heavy (non-hydrogen) atoms. The minimum Gasteiger partial charge on any atom is -0.496 e. The van der Waals surface area contributed by atoms with Gasteiger partial charge < -0.3 is 19.7 Å². The van der Waals surface area contributed by atoms with Crippen molar-refractivity contribution in [2.75, 3.05) is 50.2 Å². The Morgan fingerprint density at radius 2 is 1.81 bits per heavy atom. The maximum atomic E-state index is 13.0. The van der Waals surface area contributed by atoms with E-state index in [1.807, 2.05) is 60.7 Å². The molecule has 9 heteroatoms. The molecule has 0 aromatic heterocycles. The van der Waals surface area contributed by atoms with Gasteiger partial charge in [-0.25, -0.2) is 0 Å². The van der Waals surface area contributed by atoms with Gasteiger partial charge in [0.15, 0.2) is 0 Å². The van der Waals surface area contributed by atoms with E-state index in [0.717, 1.165) is 46.2 Å². The van der Waals surface area contributed by atoms with Crippen LogP contribution < -0.4 is 15.0 Å². The fraction of sp³-hybridized carbons (Fsp3) is 0.222. The number of methoxy groups -OCH3 is 1. The van der Waals surface area contributed by atoms with Gasteiger partial charge in [0.05, 0.1) is 25.2 Å². The van der Waals surface area contributed by atoms with Crippen LogP contribution in [0, 0.1) is 0 Å². The van der Waals surface area contributed by atoms with Crippen LogP contribution in [0.4, 0.5) is 16.2 Å². The van der Waals surface area contributed by atoms with E-state index in [1.54, 1.807) is 13.2 Å². The van der Waals surface area contributed by atoms with E-state index in [4.69, 9.17) is 9.47 Å². The second-order valence-electron chi connectivity index (χ2n) is 8.36. The van der Waals surface area contributed by atoms with Crippen molar-refractivity contribution >= 4 is 57.0 Å². The molecule has 0 atom stereocenters. The third-order valence-corrected chi connectivity index (χ3v) is 7.04. The van der Waals surface area contributed by atoms with Crippen molar-refractivity contribution in [3.63, 3.8) is 0 Å². The van der Waals surface area contributed by atoms with Gasteiger partial charge in [-0.05, 0) is 58.9 Å². The summed E-state index contributed by atoms with van der Waals surface area (Å²) in [5.41, 5.74) is 2.36. The van der Waals surface area contributed by atoms with Gasteiger partial charge in [0.2, 0.25) is 5.91 Å². The van der Waals surface area contributed by atoms with Crippen molar-refractivity contribution in [1.29, 1.82) is 0 Å². The van der Waals surface area contributed by atoms with Crippen LogP contribution in [0.15, 0.2) is 65.6 Å². The van der Waals surface area contributed by atoms with Crippen LogP contribution in [0.2, 0.25) is 0 Å². The third-order valence-electron chi connectivity index (χ3n) is 6.13. The zero-order valence-corrected chi connectivity index (χ0v) is 20.5. The lowest BCUT2D eigenvalue weighted by molar-refractivity contribution is -0.127. The molecule has 3 aromatic carbocycles. The SMILES string of the molecule is COc1ccc2ccccc2c1/C=C1/SC(=O)N(CC(=O)Nc2ccc(N3CCOCC3)cc2)C1=O. The van der Waals surface area contributed by atoms with Gasteiger partial charge in [-0.15, -0.1) is 0 Å². The lowest BCUT2D eigenvalue weighted by atomic mass is 10.0. The number of carbonyl (C=O) groups excluding carboxylic acids is 3. The summed E-state index contributed by atoms with van der Waals surface area (Å²) in [5, 5.41) is 4.18. The number of carbonyl (C=O) groups is 3. The number of benzene rings is 3. The van der Waals surface area contributed by atoms with E-state index in [9.17, 15) is 14.4 Å². The molecule has 0 unspecified atom stereocenters. The molecule has 5 rings (SSSR count). The smallest absolute Gasteiger partial charge is 0.294 e. The lowest BCUT2D eigenvalue weighted by Gasteiger charge is -2.28. The molecule has 184 valence electrons. The molecule has 2 aliphatic rings. The summed E-state index contributed by atoms with van der Waals surface area (Å²) in [6, 6.07) is 19.0. The van der Waals surface area contributed by atoms with Gasteiger partial charge in [-0.2, -0.15) is 0 Å². The zero-order chi connectivity index (χ0) is 25.1. The van der Waals surface area contributed by atoms with E-state index >= 15 is 0 Å². The molecule has 1 N–H and O–H groups in total. The number of amides is 3. The Labute approximate surface area is 212 Å². The molecule has 0 bridgehead atoms. The molecule has 2 aliphatic heterocycles.